The lowest BCUT2D eigenvalue weighted by Gasteiger charge is -2.23. The zero-order valence-electron chi connectivity index (χ0n) is 15.3. The fourth-order valence-corrected chi connectivity index (χ4v) is 2.86. The van der Waals surface area contributed by atoms with Crippen molar-refractivity contribution >= 4 is 28.4 Å². The summed E-state index contributed by atoms with van der Waals surface area (Å²) in [6, 6.07) is 10.6. The molecule has 0 spiro atoms. The normalized spacial score (nSPS) is 10.8. The fourth-order valence-electron chi connectivity index (χ4n) is 2.86. The van der Waals surface area contributed by atoms with Gasteiger partial charge < -0.3 is 10.6 Å². The maximum Gasteiger partial charge on any atom is 0.261 e. The number of hydrogen-bond acceptors (Lipinski definition) is 4. The van der Waals surface area contributed by atoms with Crippen molar-refractivity contribution in [2.75, 3.05) is 11.4 Å². The number of primary amides is 1. The van der Waals surface area contributed by atoms with Gasteiger partial charge in [0, 0.05) is 18.7 Å². The van der Waals surface area contributed by atoms with Crippen LogP contribution in [-0.4, -0.2) is 27.9 Å². The molecule has 2 N–H and O–H groups in total. The number of aromatic nitrogens is 2. The molecule has 0 fully saturated rings. The molecule has 144 valence electrons. The van der Waals surface area contributed by atoms with Gasteiger partial charge in [-0.05, 0) is 43.3 Å². The van der Waals surface area contributed by atoms with Crippen molar-refractivity contribution < 1.29 is 14.0 Å². The summed E-state index contributed by atoms with van der Waals surface area (Å²) < 4.78 is 14.4. The van der Waals surface area contributed by atoms with Gasteiger partial charge in [-0.1, -0.05) is 11.6 Å². The number of hydrogen-bond donors (Lipinski definition) is 1. The van der Waals surface area contributed by atoms with Crippen molar-refractivity contribution in [1.29, 1.82) is 0 Å². The topological polar surface area (TPSA) is 98.3 Å². The molecule has 3 rings (SSSR count). The number of aryl methyl sites for hydroxylation is 1. The minimum Gasteiger partial charge on any atom is -0.370 e. The summed E-state index contributed by atoms with van der Waals surface area (Å²) in [5.74, 6) is -1.46. The number of nitrogens with two attached hydrogens (primary N) is 1. The third kappa shape index (κ3) is 4.22. The van der Waals surface area contributed by atoms with Gasteiger partial charge in [-0.2, -0.15) is 0 Å². The Morgan fingerprint density at radius 3 is 2.57 bits per heavy atom. The van der Waals surface area contributed by atoms with Crippen molar-refractivity contribution in [2.24, 2.45) is 5.73 Å². The Morgan fingerprint density at radius 1 is 1.18 bits per heavy atom. The van der Waals surface area contributed by atoms with Crippen LogP contribution in [0.15, 0.2) is 53.6 Å². The Hall–Kier alpha value is -3.55. The first-order valence-corrected chi connectivity index (χ1v) is 8.65. The second-order valence-electron chi connectivity index (χ2n) is 6.44. The van der Waals surface area contributed by atoms with Crippen LogP contribution in [0.4, 0.5) is 10.1 Å². The van der Waals surface area contributed by atoms with Crippen molar-refractivity contribution in [3.8, 4) is 0 Å². The highest BCUT2D eigenvalue weighted by Gasteiger charge is 2.18. The molecule has 2 amide bonds. The molecular weight excluding hydrogens is 363 g/mol. The molecule has 0 saturated heterocycles. The summed E-state index contributed by atoms with van der Waals surface area (Å²) in [4.78, 5) is 42.3. The van der Waals surface area contributed by atoms with Gasteiger partial charge in [0.2, 0.25) is 11.8 Å². The molecule has 0 aliphatic rings. The predicted molar refractivity (Wildman–Crippen MR) is 103 cm³/mol. The lowest BCUT2D eigenvalue weighted by Crippen LogP contribution is -2.38. The molecule has 3 aromatic rings. The van der Waals surface area contributed by atoms with E-state index in [-0.39, 0.29) is 25.1 Å². The maximum absolute atomic E-state index is 13.2. The monoisotopic (exact) mass is 382 g/mol. The number of anilines is 1. The number of amides is 2. The molecule has 0 saturated carbocycles. The Morgan fingerprint density at radius 2 is 1.89 bits per heavy atom. The lowest BCUT2D eigenvalue weighted by atomic mass is 10.2. The molecule has 0 aliphatic heterocycles. The summed E-state index contributed by atoms with van der Waals surface area (Å²) in [6.07, 6.45) is 1.25. The minimum atomic E-state index is -0.570. The van der Waals surface area contributed by atoms with Crippen molar-refractivity contribution in [3.05, 3.63) is 70.5 Å². The second-order valence-corrected chi connectivity index (χ2v) is 6.44. The average molecular weight is 382 g/mol. The van der Waals surface area contributed by atoms with E-state index in [4.69, 9.17) is 5.73 Å². The van der Waals surface area contributed by atoms with Crippen LogP contribution < -0.4 is 16.2 Å². The van der Waals surface area contributed by atoms with E-state index in [0.29, 0.717) is 16.6 Å². The number of rotatable bonds is 6. The van der Waals surface area contributed by atoms with Gasteiger partial charge >= 0.3 is 0 Å². The van der Waals surface area contributed by atoms with Gasteiger partial charge in [0.15, 0.2) is 0 Å². The van der Waals surface area contributed by atoms with E-state index < -0.39 is 17.6 Å². The van der Waals surface area contributed by atoms with Gasteiger partial charge in [-0.3, -0.25) is 19.0 Å². The molecule has 0 bridgehead atoms. The van der Waals surface area contributed by atoms with Gasteiger partial charge in [-0.15, -0.1) is 0 Å². The molecule has 1 heterocycles. The number of benzene rings is 2. The Kier molecular flexibility index (Phi) is 5.49. The molecule has 28 heavy (non-hydrogen) atoms. The molecule has 8 heteroatoms. The van der Waals surface area contributed by atoms with Crippen LogP contribution in [0.25, 0.3) is 10.9 Å². The Labute approximate surface area is 160 Å². The number of carbonyl (C=O) groups is 2. The molecule has 0 aliphatic carbocycles. The highest BCUT2D eigenvalue weighted by atomic mass is 19.1. The first-order chi connectivity index (χ1) is 13.3. The van der Waals surface area contributed by atoms with Gasteiger partial charge in [0.1, 0.15) is 12.4 Å². The number of fused-ring (bicyclic) bond motifs is 1. The summed E-state index contributed by atoms with van der Waals surface area (Å²) in [5.41, 5.74) is 6.72. The van der Waals surface area contributed by atoms with Gasteiger partial charge in [0.05, 0.1) is 17.2 Å². The summed E-state index contributed by atoms with van der Waals surface area (Å²) in [7, 11) is 0. The van der Waals surface area contributed by atoms with E-state index in [9.17, 15) is 18.8 Å². The lowest BCUT2D eigenvalue weighted by molar-refractivity contribution is -0.119. The van der Waals surface area contributed by atoms with Crippen LogP contribution in [-0.2, 0) is 16.1 Å². The Bertz CT molecular complexity index is 1090. The van der Waals surface area contributed by atoms with Crippen LogP contribution in [0, 0.1) is 12.7 Å². The highest BCUT2D eigenvalue weighted by molar-refractivity contribution is 5.94. The predicted octanol–water partition coefficient (Wildman–Crippen LogP) is 1.75. The number of nitrogens with zero attached hydrogens (tertiary/aromatic N) is 3. The maximum atomic E-state index is 13.2. The second kappa shape index (κ2) is 7.99. The quantitative estimate of drug-likeness (QED) is 0.702. The Balaban J connectivity index is 1.92. The van der Waals surface area contributed by atoms with E-state index in [1.54, 1.807) is 12.1 Å². The van der Waals surface area contributed by atoms with Crippen LogP contribution in [0.5, 0.6) is 0 Å². The SMILES string of the molecule is Cc1ccc2ncn(CC(=O)N(CCC(N)=O)c3ccc(F)cc3)c(=O)c2c1. The smallest absolute Gasteiger partial charge is 0.261 e. The molecular formula is C20H19FN4O3. The number of halogens is 1. The average Bonchev–Trinajstić information content (AvgIpc) is 2.66. The van der Waals surface area contributed by atoms with E-state index in [1.165, 1.54) is 40.1 Å². The molecule has 0 atom stereocenters. The highest BCUT2D eigenvalue weighted by Crippen LogP contribution is 2.16. The summed E-state index contributed by atoms with van der Waals surface area (Å²) in [5, 5.41) is 0.417. The van der Waals surface area contributed by atoms with E-state index in [2.05, 4.69) is 4.98 Å². The molecule has 0 unspecified atom stereocenters. The van der Waals surface area contributed by atoms with Gasteiger partial charge in [-0.25, -0.2) is 9.37 Å². The standard InChI is InChI=1S/C20H19FN4O3/c1-13-2-7-17-16(10-13)20(28)24(12-23-17)11-19(27)25(9-8-18(22)26)15-5-3-14(21)4-6-15/h2-7,10,12H,8-9,11H2,1H3,(H2,22,26). The molecule has 2 aromatic carbocycles. The summed E-state index contributed by atoms with van der Waals surface area (Å²) >= 11 is 0. The largest absolute Gasteiger partial charge is 0.370 e. The van der Waals surface area contributed by atoms with E-state index in [0.717, 1.165) is 5.56 Å². The third-order valence-corrected chi connectivity index (χ3v) is 4.31. The molecule has 0 radical (unpaired) electrons. The molecule has 1 aromatic heterocycles. The van der Waals surface area contributed by atoms with Crippen LogP contribution in [0.3, 0.4) is 0 Å². The zero-order chi connectivity index (χ0) is 20.3. The zero-order valence-corrected chi connectivity index (χ0v) is 15.3. The minimum absolute atomic E-state index is 0.0225. The van der Waals surface area contributed by atoms with E-state index >= 15 is 0 Å². The first-order valence-electron chi connectivity index (χ1n) is 8.65. The van der Waals surface area contributed by atoms with Gasteiger partial charge in [0.25, 0.3) is 5.56 Å². The molecule has 7 nitrogen and oxygen atoms in total. The van der Waals surface area contributed by atoms with Crippen molar-refractivity contribution in [1.82, 2.24) is 9.55 Å². The summed E-state index contributed by atoms with van der Waals surface area (Å²) in [6.45, 7) is 1.61. The number of carbonyl (C=O) groups excluding carboxylic acids is 2. The third-order valence-electron chi connectivity index (χ3n) is 4.31. The first kappa shape index (κ1) is 19.2. The van der Waals surface area contributed by atoms with Crippen molar-refractivity contribution in [3.63, 3.8) is 0 Å². The van der Waals surface area contributed by atoms with Crippen LogP contribution >= 0.6 is 0 Å². The van der Waals surface area contributed by atoms with Crippen LogP contribution in [0.1, 0.15) is 12.0 Å². The van der Waals surface area contributed by atoms with Crippen LogP contribution in [0.2, 0.25) is 0 Å². The fraction of sp³-hybridized carbons (Fsp3) is 0.200. The van der Waals surface area contributed by atoms with Crippen molar-refractivity contribution in [2.45, 2.75) is 19.9 Å². The van der Waals surface area contributed by atoms with E-state index in [1.807, 2.05) is 13.0 Å².